The average molecular weight is 595 g/mol. The van der Waals surface area contributed by atoms with E-state index in [9.17, 15) is 33.5 Å². The molecule has 0 saturated carbocycles. The molecule has 1 aromatic carbocycles. The summed E-state index contributed by atoms with van der Waals surface area (Å²) in [5, 5.41) is 32.7. The molecule has 0 spiro atoms. The van der Waals surface area contributed by atoms with Crippen LogP contribution < -0.4 is 14.4 Å². The molecule has 3 aromatic rings. The molecule has 5 rings (SSSR count). The number of nitriles is 1. The number of hydrogen-bond acceptors (Lipinski definition) is 11. The van der Waals surface area contributed by atoms with Crippen molar-refractivity contribution in [2.45, 2.75) is 36.1 Å². The van der Waals surface area contributed by atoms with Crippen molar-refractivity contribution < 1.29 is 33.0 Å². The van der Waals surface area contributed by atoms with Gasteiger partial charge in [-0.1, -0.05) is 6.07 Å². The highest BCUT2D eigenvalue weighted by Gasteiger charge is 2.64. The monoisotopic (exact) mass is 594 g/mol. The van der Waals surface area contributed by atoms with Crippen LogP contribution in [-0.4, -0.2) is 85.3 Å². The SMILES string of the molecule is CNC.COc1ncccc1C1(N2C[C@H](O)C[C@H]2C(=O)O)C(=O)N(S(=O)(=O)c2ccc(C)cn2)c2ccc(C#N)cc21. The highest BCUT2D eigenvalue weighted by molar-refractivity contribution is 7.93. The minimum Gasteiger partial charge on any atom is -0.481 e. The number of pyridine rings is 2. The van der Waals surface area contributed by atoms with E-state index in [0.29, 0.717) is 9.87 Å². The Morgan fingerprint density at radius 3 is 2.50 bits per heavy atom. The number of rotatable bonds is 6. The first-order valence-electron chi connectivity index (χ1n) is 12.8. The van der Waals surface area contributed by atoms with Crippen molar-refractivity contribution in [3.8, 4) is 11.9 Å². The molecule has 3 N–H and O–H groups in total. The fourth-order valence-corrected chi connectivity index (χ4v) is 6.70. The maximum atomic E-state index is 14.7. The Bertz CT molecular complexity index is 1660. The summed E-state index contributed by atoms with van der Waals surface area (Å²) in [5.41, 5.74) is -1.32. The van der Waals surface area contributed by atoms with Crippen LogP contribution in [0, 0.1) is 18.3 Å². The van der Waals surface area contributed by atoms with Crippen LogP contribution in [0.4, 0.5) is 5.69 Å². The summed E-state index contributed by atoms with van der Waals surface area (Å²) in [6.07, 6.45) is 1.40. The van der Waals surface area contributed by atoms with Crippen molar-refractivity contribution in [1.82, 2.24) is 20.2 Å². The number of fused-ring (bicyclic) bond motifs is 1. The third kappa shape index (κ3) is 4.86. The summed E-state index contributed by atoms with van der Waals surface area (Å²) >= 11 is 0. The van der Waals surface area contributed by atoms with Gasteiger partial charge in [-0.05, 0) is 63.0 Å². The molecule has 1 unspecified atom stereocenters. The van der Waals surface area contributed by atoms with Crippen molar-refractivity contribution in [2.24, 2.45) is 0 Å². The number of hydrogen-bond donors (Lipinski definition) is 3. The minimum atomic E-state index is -4.63. The van der Waals surface area contributed by atoms with Crippen LogP contribution in [0.1, 0.15) is 28.7 Å². The summed E-state index contributed by atoms with van der Waals surface area (Å²) in [7, 11) is 0.434. The molecule has 2 aliphatic rings. The number of nitrogens with zero attached hydrogens (tertiary/aromatic N) is 5. The number of likely N-dealkylation sites (tertiary alicyclic amines) is 1. The Hall–Kier alpha value is -4.42. The van der Waals surface area contributed by atoms with Gasteiger partial charge in [0.25, 0.3) is 15.9 Å². The Kier molecular flexibility index (Phi) is 8.60. The molecule has 4 heterocycles. The fourth-order valence-electron chi connectivity index (χ4n) is 5.32. The molecule has 0 aliphatic carbocycles. The molecule has 0 radical (unpaired) electrons. The largest absolute Gasteiger partial charge is 0.481 e. The van der Waals surface area contributed by atoms with E-state index in [1.807, 2.05) is 20.2 Å². The van der Waals surface area contributed by atoms with Gasteiger partial charge in [-0.25, -0.2) is 9.97 Å². The molecule has 1 amide bonds. The molecule has 14 heteroatoms. The number of aliphatic hydroxyl groups is 1. The van der Waals surface area contributed by atoms with Gasteiger partial charge in [-0.3, -0.25) is 14.5 Å². The quantitative estimate of drug-likeness (QED) is 0.368. The number of sulfonamides is 1. The fraction of sp³-hybridized carbons (Fsp3) is 0.321. The number of carboxylic acid groups (broad SMARTS) is 1. The molecule has 220 valence electrons. The van der Waals surface area contributed by atoms with E-state index in [4.69, 9.17) is 4.74 Å². The second kappa shape index (κ2) is 11.8. The van der Waals surface area contributed by atoms with E-state index in [-0.39, 0.29) is 41.2 Å². The van der Waals surface area contributed by atoms with Crippen molar-refractivity contribution >= 4 is 27.6 Å². The number of aryl methyl sites for hydroxylation is 1. The smallest absolute Gasteiger partial charge is 0.321 e. The van der Waals surface area contributed by atoms with E-state index in [1.54, 1.807) is 6.92 Å². The molecule has 0 bridgehead atoms. The summed E-state index contributed by atoms with van der Waals surface area (Å²) in [6, 6.07) is 10.4. The van der Waals surface area contributed by atoms with E-state index in [2.05, 4.69) is 15.3 Å². The van der Waals surface area contributed by atoms with Gasteiger partial charge in [0.2, 0.25) is 5.88 Å². The van der Waals surface area contributed by atoms with Crippen LogP contribution >= 0.6 is 0 Å². The Balaban J connectivity index is 0.00000129. The molecule has 2 aliphatic heterocycles. The van der Waals surface area contributed by atoms with Crippen molar-refractivity contribution in [3.05, 3.63) is 77.1 Å². The first-order valence-corrected chi connectivity index (χ1v) is 14.3. The number of nitrogens with one attached hydrogen (secondary N) is 1. The molecular formula is C28H30N6O7S. The third-order valence-electron chi connectivity index (χ3n) is 6.97. The summed E-state index contributed by atoms with van der Waals surface area (Å²) < 4.78 is 34.0. The molecular weight excluding hydrogens is 564 g/mol. The highest BCUT2D eigenvalue weighted by Crippen LogP contribution is 2.54. The number of methoxy groups -OCH3 is 1. The molecule has 1 fully saturated rings. The first-order chi connectivity index (χ1) is 20.0. The Morgan fingerprint density at radius 2 is 1.90 bits per heavy atom. The van der Waals surface area contributed by atoms with Gasteiger partial charge in [0.15, 0.2) is 10.6 Å². The second-order valence-corrected chi connectivity index (χ2v) is 11.5. The van der Waals surface area contributed by atoms with Crippen LogP contribution in [0.15, 0.2) is 59.9 Å². The van der Waals surface area contributed by atoms with Crippen LogP contribution in [0.5, 0.6) is 5.88 Å². The zero-order valence-electron chi connectivity index (χ0n) is 23.3. The predicted molar refractivity (Wildman–Crippen MR) is 150 cm³/mol. The van der Waals surface area contributed by atoms with E-state index in [0.717, 1.165) is 0 Å². The number of β-amino-alcohol motifs (C(OH)–C–C–N with tert-alkyl or cyclic N) is 1. The van der Waals surface area contributed by atoms with Crippen LogP contribution in [0.25, 0.3) is 0 Å². The summed E-state index contributed by atoms with van der Waals surface area (Å²) in [6.45, 7) is 1.45. The predicted octanol–water partition coefficient (Wildman–Crippen LogP) is 1.000. The van der Waals surface area contributed by atoms with Crippen molar-refractivity contribution in [1.29, 1.82) is 5.26 Å². The van der Waals surface area contributed by atoms with Gasteiger partial charge in [-0.2, -0.15) is 18.0 Å². The number of amides is 1. The van der Waals surface area contributed by atoms with Crippen LogP contribution in [0.2, 0.25) is 0 Å². The number of carboxylic acids is 1. The highest BCUT2D eigenvalue weighted by atomic mass is 32.2. The van der Waals surface area contributed by atoms with E-state index >= 15 is 0 Å². The first kappa shape index (κ1) is 30.5. The lowest BCUT2D eigenvalue weighted by Crippen LogP contribution is -2.58. The Labute approximate surface area is 243 Å². The molecule has 1 saturated heterocycles. The standard InChI is InChI=1S/C26H23N5O7S.C2H7N/c1-15-5-8-22(29-13-15)39(36,37)31-20-7-6-16(12-27)10-19(20)26(25(31)35,18-4-3-9-28-23(18)38-2)30-14-17(32)11-21(30)24(33)34;1-3-2/h3-10,13,17,21,32H,11,14H2,1-2H3,(H,33,34);3H,1-2H3/t17-,21+,26?;/m1./s1. The maximum Gasteiger partial charge on any atom is 0.321 e. The number of aromatic nitrogens is 2. The van der Waals surface area contributed by atoms with E-state index < -0.39 is 44.6 Å². The van der Waals surface area contributed by atoms with Gasteiger partial charge in [0.05, 0.1) is 30.5 Å². The van der Waals surface area contributed by atoms with E-state index in [1.165, 1.54) is 66.9 Å². The topological polar surface area (TPSA) is 186 Å². The normalized spacial score (nSPS) is 21.7. The summed E-state index contributed by atoms with van der Waals surface area (Å²) in [5.74, 6) is -2.42. The number of aliphatic carboxylic acids is 1. The minimum absolute atomic E-state index is 0.0360. The van der Waals surface area contributed by atoms with Crippen molar-refractivity contribution in [3.63, 3.8) is 0 Å². The molecule has 13 nitrogen and oxygen atoms in total. The van der Waals surface area contributed by atoms with Crippen molar-refractivity contribution in [2.75, 3.05) is 32.1 Å². The molecule has 2 aromatic heterocycles. The maximum absolute atomic E-state index is 14.7. The van der Waals surface area contributed by atoms with Crippen LogP contribution in [0.3, 0.4) is 0 Å². The number of anilines is 1. The number of ether oxygens (including phenoxy) is 1. The molecule has 42 heavy (non-hydrogen) atoms. The second-order valence-electron chi connectivity index (χ2n) is 9.76. The lowest BCUT2D eigenvalue weighted by molar-refractivity contribution is -0.145. The zero-order valence-corrected chi connectivity index (χ0v) is 24.2. The average Bonchev–Trinajstić information content (AvgIpc) is 3.48. The van der Waals surface area contributed by atoms with Gasteiger partial charge in [0, 0.05) is 36.5 Å². The number of aliphatic hydroxyl groups excluding tert-OH is 1. The van der Waals surface area contributed by atoms with Gasteiger partial charge in [0.1, 0.15) is 6.04 Å². The lowest BCUT2D eigenvalue weighted by atomic mass is 9.81. The number of benzene rings is 1. The Morgan fingerprint density at radius 1 is 1.19 bits per heavy atom. The third-order valence-corrected chi connectivity index (χ3v) is 8.58. The van der Waals surface area contributed by atoms with Gasteiger partial charge < -0.3 is 20.3 Å². The van der Waals surface area contributed by atoms with Crippen LogP contribution in [-0.2, 0) is 25.2 Å². The zero-order chi connectivity index (χ0) is 30.8. The summed E-state index contributed by atoms with van der Waals surface area (Å²) in [4.78, 5) is 36.6. The van der Waals surface area contributed by atoms with Gasteiger partial charge >= 0.3 is 5.97 Å². The number of carbonyl (C=O) groups is 2. The van der Waals surface area contributed by atoms with Gasteiger partial charge in [-0.15, -0.1) is 0 Å². The molecule has 3 atom stereocenters. The lowest BCUT2D eigenvalue weighted by Gasteiger charge is -2.40. The number of carbonyl (C=O) groups excluding carboxylic acids is 1.